The number of aromatic nitrogens is 2. The average Bonchev–Trinajstić information content (AvgIpc) is 2.68. The number of amides is 4. The van der Waals surface area contributed by atoms with E-state index in [4.69, 9.17) is 5.73 Å². The van der Waals surface area contributed by atoms with Crippen LogP contribution in [-0.4, -0.2) is 28.0 Å². The lowest BCUT2D eigenvalue weighted by molar-refractivity contribution is 0.101. The molecule has 146 valence electrons. The van der Waals surface area contributed by atoms with Crippen LogP contribution in [0.3, 0.4) is 0 Å². The van der Waals surface area contributed by atoms with Crippen molar-refractivity contribution in [1.82, 2.24) is 10.2 Å². The van der Waals surface area contributed by atoms with E-state index < -0.39 is 23.4 Å². The van der Waals surface area contributed by atoms with Gasteiger partial charge < -0.3 is 21.7 Å². The average molecular weight is 392 g/mol. The summed E-state index contributed by atoms with van der Waals surface area (Å²) in [6.45, 7) is 0. The molecule has 1 heterocycles. The van der Waals surface area contributed by atoms with Crippen LogP contribution in [0.4, 0.5) is 21.9 Å². The molecule has 10 heteroatoms. The van der Waals surface area contributed by atoms with Gasteiger partial charge in [0.25, 0.3) is 17.4 Å². The van der Waals surface area contributed by atoms with Crippen LogP contribution in [0.25, 0.3) is 0 Å². The van der Waals surface area contributed by atoms with Gasteiger partial charge in [0, 0.05) is 28.8 Å². The molecule has 0 aliphatic heterocycles. The third kappa shape index (κ3) is 5.04. The topological polar surface area (TPSA) is 159 Å². The van der Waals surface area contributed by atoms with E-state index in [1.807, 2.05) is 0 Å². The van der Waals surface area contributed by atoms with Crippen molar-refractivity contribution in [2.75, 3.05) is 16.0 Å². The van der Waals surface area contributed by atoms with Crippen molar-refractivity contribution in [3.63, 3.8) is 0 Å². The van der Waals surface area contributed by atoms with Crippen LogP contribution in [0.1, 0.15) is 20.7 Å². The first kappa shape index (κ1) is 19.3. The SMILES string of the molecule is NC(=O)Nc1cccc(C(=O)Nc2cccc(NC(=O)c3ccn[nH]c3=O)c2)c1. The number of nitrogens with two attached hydrogens (primary N) is 1. The van der Waals surface area contributed by atoms with Crippen molar-refractivity contribution in [2.45, 2.75) is 0 Å². The molecule has 10 nitrogen and oxygen atoms in total. The van der Waals surface area contributed by atoms with E-state index in [2.05, 4.69) is 26.1 Å². The van der Waals surface area contributed by atoms with Gasteiger partial charge in [0.15, 0.2) is 0 Å². The summed E-state index contributed by atoms with van der Waals surface area (Å²) in [7, 11) is 0. The first-order valence-corrected chi connectivity index (χ1v) is 8.35. The monoisotopic (exact) mass is 392 g/mol. The summed E-state index contributed by atoms with van der Waals surface area (Å²) in [5.41, 5.74) is 5.86. The predicted octanol–water partition coefficient (Wildman–Crippen LogP) is 1.77. The molecule has 0 atom stereocenters. The summed E-state index contributed by atoms with van der Waals surface area (Å²) in [5, 5.41) is 13.4. The van der Waals surface area contributed by atoms with E-state index in [-0.39, 0.29) is 5.56 Å². The van der Waals surface area contributed by atoms with Crippen LogP contribution in [0, 0.1) is 0 Å². The minimum absolute atomic E-state index is 0.0896. The summed E-state index contributed by atoms with van der Waals surface area (Å²) < 4.78 is 0. The number of nitrogens with zero attached hydrogens (tertiary/aromatic N) is 1. The van der Waals surface area contributed by atoms with Crippen molar-refractivity contribution < 1.29 is 14.4 Å². The standard InChI is InChI=1S/C19H16N6O4/c20-19(29)24-12-4-1-3-11(9-12)16(26)22-13-5-2-6-14(10-13)23-17(27)15-7-8-21-25-18(15)28/h1-10H,(H,22,26)(H,23,27)(H,25,28)(H3,20,24,29). The van der Waals surface area contributed by atoms with E-state index in [1.54, 1.807) is 36.4 Å². The molecular formula is C19H16N6O4. The van der Waals surface area contributed by atoms with Gasteiger partial charge in [0.1, 0.15) is 5.56 Å². The largest absolute Gasteiger partial charge is 0.351 e. The first-order valence-electron chi connectivity index (χ1n) is 8.35. The zero-order valence-corrected chi connectivity index (χ0v) is 14.9. The molecule has 0 fully saturated rings. The van der Waals surface area contributed by atoms with E-state index >= 15 is 0 Å². The number of carbonyl (C=O) groups excluding carboxylic acids is 3. The Bertz CT molecular complexity index is 1140. The quantitative estimate of drug-likeness (QED) is 0.447. The highest BCUT2D eigenvalue weighted by Crippen LogP contribution is 2.18. The maximum absolute atomic E-state index is 12.5. The summed E-state index contributed by atoms with van der Waals surface area (Å²) in [4.78, 5) is 47.3. The van der Waals surface area contributed by atoms with Crippen molar-refractivity contribution in [3.05, 3.63) is 82.3 Å². The van der Waals surface area contributed by atoms with Crippen LogP contribution in [0.5, 0.6) is 0 Å². The zero-order chi connectivity index (χ0) is 20.8. The minimum atomic E-state index is -0.737. The Balaban J connectivity index is 1.72. The van der Waals surface area contributed by atoms with Crippen LogP contribution in [-0.2, 0) is 0 Å². The zero-order valence-electron chi connectivity index (χ0n) is 14.9. The Morgan fingerprint density at radius 2 is 1.45 bits per heavy atom. The van der Waals surface area contributed by atoms with Crippen molar-refractivity contribution in [3.8, 4) is 0 Å². The molecule has 29 heavy (non-hydrogen) atoms. The molecule has 0 saturated carbocycles. The summed E-state index contributed by atoms with van der Waals surface area (Å²) in [5.74, 6) is -1.03. The Labute approximate surface area is 164 Å². The van der Waals surface area contributed by atoms with Gasteiger partial charge in [-0.15, -0.1) is 0 Å². The Kier molecular flexibility index (Phi) is 5.64. The van der Waals surface area contributed by atoms with Gasteiger partial charge in [-0.25, -0.2) is 9.89 Å². The molecular weight excluding hydrogens is 376 g/mol. The van der Waals surface area contributed by atoms with Crippen molar-refractivity contribution in [2.24, 2.45) is 5.73 Å². The third-order valence-electron chi connectivity index (χ3n) is 3.74. The van der Waals surface area contributed by atoms with Gasteiger partial charge in [0.2, 0.25) is 0 Å². The molecule has 0 unspecified atom stereocenters. The summed E-state index contributed by atoms with van der Waals surface area (Å²) >= 11 is 0. The number of H-pyrrole nitrogens is 1. The molecule has 4 amide bonds. The molecule has 0 bridgehead atoms. The molecule has 1 aromatic heterocycles. The lowest BCUT2D eigenvalue weighted by Gasteiger charge is -2.09. The van der Waals surface area contributed by atoms with E-state index in [0.29, 0.717) is 22.6 Å². The van der Waals surface area contributed by atoms with Crippen LogP contribution in [0.2, 0.25) is 0 Å². The maximum Gasteiger partial charge on any atom is 0.316 e. The van der Waals surface area contributed by atoms with E-state index in [9.17, 15) is 19.2 Å². The number of urea groups is 1. The normalized spacial score (nSPS) is 10.1. The van der Waals surface area contributed by atoms with Gasteiger partial charge >= 0.3 is 6.03 Å². The van der Waals surface area contributed by atoms with Crippen molar-refractivity contribution in [1.29, 1.82) is 0 Å². The fourth-order valence-electron chi connectivity index (χ4n) is 2.48. The second-order valence-electron chi connectivity index (χ2n) is 5.86. The predicted molar refractivity (Wildman–Crippen MR) is 107 cm³/mol. The summed E-state index contributed by atoms with van der Waals surface area (Å²) in [6.07, 6.45) is 1.30. The van der Waals surface area contributed by atoms with Gasteiger partial charge in [-0.3, -0.25) is 14.4 Å². The molecule has 0 saturated heterocycles. The smallest absolute Gasteiger partial charge is 0.316 e. The Morgan fingerprint density at radius 3 is 2.10 bits per heavy atom. The molecule has 2 aromatic carbocycles. The number of nitrogens with one attached hydrogen (secondary N) is 4. The van der Waals surface area contributed by atoms with E-state index in [0.717, 1.165) is 0 Å². The molecule has 0 radical (unpaired) electrons. The second-order valence-corrected chi connectivity index (χ2v) is 5.86. The van der Waals surface area contributed by atoms with Gasteiger partial charge in [-0.1, -0.05) is 12.1 Å². The number of hydrogen-bond acceptors (Lipinski definition) is 5. The molecule has 0 aliphatic carbocycles. The van der Waals surface area contributed by atoms with Gasteiger partial charge in [-0.05, 0) is 42.5 Å². The molecule has 6 N–H and O–H groups in total. The van der Waals surface area contributed by atoms with Crippen molar-refractivity contribution >= 4 is 34.9 Å². The number of hydrogen-bond donors (Lipinski definition) is 5. The number of anilines is 3. The number of benzene rings is 2. The lowest BCUT2D eigenvalue weighted by Crippen LogP contribution is -2.23. The molecule has 0 aliphatic rings. The molecule has 3 aromatic rings. The molecule has 0 spiro atoms. The lowest BCUT2D eigenvalue weighted by atomic mass is 10.1. The second kappa shape index (κ2) is 8.48. The fraction of sp³-hybridized carbons (Fsp3) is 0. The highest BCUT2D eigenvalue weighted by Gasteiger charge is 2.12. The minimum Gasteiger partial charge on any atom is -0.351 e. The van der Waals surface area contributed by atoms with E-state index in [1.165, 1.54) is 24.4 Å². The Morgan fingerprint density at radius 1 is 0.828 bits per heavy atom. The summed E-state index contributed by atoms with van der Waals surface area (Å²) in [6, 6.07) is 13.2. The Hall–Kier alpha value is -4.47. The highest BCUT2D eigenvalue weighted by molar-refractivity contribution is 6.06. The van der Waals surface area contributed by atoms with Gasteiger partial charge in [0.05, 0.1) is 0 Å². The molecule has 3 rings (SSSR count). The number of rotatable bonds is 5. The first-order chi connectivity index (χ1) is 13.9. The fourth-order valence-corrected chi connectivity index (χ4v) is 2.48. The number of aromatic amines is 1. The van der Waals surface area contributed by atoms with Gasteiger partial charge in [-0.2, -0.15) is 5.10 Å². The maximum atomic E-state index is 12.5. The van der Waals surface area contributed by atoms with Crippen LogP contribution < -0.4 is 27.2 Å². The van der Waals surface area contributed by atoms with Crippen LogP contribution >= 0.6 is 0 Å². The highest BCUT2D eigenvalue weighted by atomic mass is 16.2. The third-order valence-corrected chi connectivity index (χ3v) is 3.74. The number of carbonyl (C=O) groups is 3. The van der Waals surface area contributed by atoms with Crippen LogP contribution in [0.15, 0.2) is 65.6 Å². The number of primary amides is 1.